The number of anilines is 1. The highest BCUT2D eigenvalue weighted by atomic mass is 16.3. The van der Waals surface area contributed by atoms with Gasteiger partial charge in [-0.1, -0.05) is 0 Å². The molecule has 0 amide bonds. The number of aromatic nitrogens is 4. The van der Waals surface area contributed by atoms with Gasteiger partial charge in [0.2, 0.25) is 0 Å². The lowest BCUT2D eigenvalue weighted by atomic mass is 9.98. The SMILES string of the molecule is Cn1ncc2c(N3CCC(CO)CC3)ncnc21. The minimum absolute atomic E-state index is 0.292. The molecule has 0 saturated carbocycles. The molecule has 1 saturated heterocycles. The van der Waals surface area contributed by atoms with Crippen molar-refractivity contribution in [3.8, 4) is 0 Å². The van der Waals surface area contributed by atoms with Crippen molar-refractivity contribution in [3.63, 3.8) is 0 Å². The molecule has 2 aromatic heterocycles. The molecule has 3 rings (SSSR count). The minimum Gasteiger partial charge on any atom is -0.396 e. The van der Waals surface area contributed by atoms with E-state index in [-0.39, 0.29) is 0 Å². The van der Waals surface area contributed by atoms with Crippen LogP contribution in [-0.4, -0.2) is 44.6 Å². The number of hydrogen-bond acceptors (Lipinski definition) is 5. The number of nitrogens with zero attached hydrogens (tertiary/aromatic N) is 5. The van der Waals surface area contributed by atoms with Crippen LogP contribution in [0.15, 0.2) is 12.5 Å². The van der Waals surface area contributed by atoms with Gasteiger partial charge in [-0.15, -0.1) is 0 Å². The Kier molecular flexibility index (Phi) is 2.87. The molecule has 6 nitrogen and oxygen atoms in total. The third kappa shape index (κ3) is 1.82. The number of rotatable bonds is 2. The Balaban J connectivity index is 1.91. The van der Waals surface area contributed by atoms with Crippen molar-refractivity contribution in [1.82, 2.24) is 19.7 Å². The molecule has 0 aliphatic carbocycles. The fraction of sp³-hybridized carbons (Fsp3) is 0.583. The Labute approximate surface area is 105 Å². The van der Waals surface area contributed by atoms with Crippen LogP contribution in [0, 0.1) is 5.92 Å². The first-order chi connectivity index (χ1) is 8.79. The van der Waals surface area contributed by atoms with E-state index in [2.05, 4.69) is 20.0 Å². The fourth-order valence-electron chi connectivity index (χ4n) is 2.53. The van der Waals surface area contributed by atoms with E-state index >= 15 is 0 Å². The Morgan fingerprint density at radius 2 is 2.11 bits per heavy atom. The predicted octanol–water partition coefficient (Wildman–Crippen LogP) is 0.572. The van der Waals surface area contributed by atoms with Crippen LogP contribution in [-0.2, 0) is 7.05 Å². The average Bonchev–Trinajstić information content (AvgIpc) is 2.81. The molecular weight excluding hydrogens is 230 g/mol. The zero-order chi connectivity index (χ0) is 12.5. The van der Waals surface area contributed by atoms with Gasteiger partial charge >= 0.3 is 0 Å². The van der Waals surface area contributed by atoms with Gasteiger partial charge < -0.3 is 10.0 Å². The molecule has 1 fully saturated rings. The van der Waals surface area contributed by atoms with Crippen molar-refractivity contribution in [2.45, 2.75) is 12.8 Å². The van der Waals surface area contributed by atoms with E-state index in [9.17, 15) is 0 Å². The lowest BCUT2D eigenvalue weighted by Crippen LogP contribution is -2.35. The monoisotopic (exact) mass is 247 g/mol. The molecule has 0 aromatic carbocycles. The van der Waals surface area contributed by atoms with Gasteiger partial charge in [-0.25, -0.2) is 9.97 Å². The van der Waals surface area contributed by atoms with Gasteiger partial charge in [0.25, 0.3) is 0 Å². The van der Waals surface area contributed by atoms with Gasteiger partial charge in [-0.2, -0.15) is 5.10 Å². The van der Waals surface area contributed by atoms with E-state index < -0.39 is 0 Å². The highest BCUT2D eigenvalue weighted by Crippen LogP contribution is 2.26. The van der Waals surface area contributed by atoms with Crippen molar-refractivity contribution in [3.05, 3.63) is 12.5 Å². The summed E-state index contributed by atoms with van der Waals surface area (Å²) >= 11 is 0. The molecule has 1 aliphatic rings. The largest absolute Gasteiger partial charge is 0.396 e. The number of aliphatic hydroxyl groups is 1. The van der Waals surface area contributed by atoms with Crippen LogP contribution in [0.4, 0.5) is 5.82 Å². The smallest absolute Gasteiger partial charge is 0.163 e. The summed E-state index contributed by atoms with van der Waals surface area (Å²) in [5.41, 5.74) is 0.865. The maximum atomic E-state index is 9.17. The molecule has 0 atom stereocenters. The molecule has 2 aromatic rings. The van der Waals surface area contributed by atoms with E-state index in [0.717, 1.165) is 42.8 Å². The van der Waals surface area contributed by atoms with E-state index in [4.69, 9.17) is 5.11 Å². The van der Waals surface area contributed by atoms with Crippen LogP contribution >= 0.6 is 0 Å². The van der Waals surface area contributed by atoms with Crippen LogP contribution in [0.5, 0.6) is 0 Å². The molecule has 96 valence electrons. The molecule has 0 unspecified atom stereocenters. The molecule has 1 aliphatic heterocycles. The topological polar surface area (TPSA) is 67.1 Å². The summed E-state index contributed by atoms with van der Waals surface area (Å²) in [6, 6.07) is 0. The first-order valence-electron chi connectivity index (χ1n) is 6.28. The third-order valence-corrected chi connectivity index (χ3v) is 3.68. The third-order valence-electron chi connectivity index (χ3n) is 3.68. The van der Waals surface area contributed by atoms with Crippen LogP contribution < -0.4 is 4.90 Å². The second-order valence-corrected chi connectivity index (χ2v) is 4.82. The Morgan fingerprint density at radius 3 is 2.83 bits per heavy atom. The number of aryl methyl sites for hydroxylation is 1. The number of aliphatic hydroxyl groups excluding tert-OH is 1. The minimum atomic E-state index is 0.292. The summed E-state index contributed by atoms with van der Waals surface area (Å²) in [5.74, 6) is 1.40. The van der Waals surface area contributed by atoms with E-state index in [1.54, 1.807) is 11.0 Å². The maximum absolute atomic E-state index is 9.17. The van der Waals surface area contributed by atoms with E-state index in [1.165, 1.54) is 0 Å². The van der Waals surface area contributed by atoms with Gasteiger partial charge in [0.15, 0.2) is 5.65 Å². The quantitative estimate of drug-likeness (QED) is 0.840. The van der Waals surface area contributed by atoms with Crippen molar-refractivity contribution >= 4 is 16.9 Å². The summed E-state index contributed by atoms with van der Waals surface area (Å²) in [5, 5.41) is 14.4. The molecule has 0 radical (unpaired) electrons. The summed E-state index contributed by atoms with van der Waals surface area (Å²) in [7, 11) is 1.89. The molecule has 0 bridgehead atoms. The lowest BCUT2D eigenvalue weighted by Gasteiger charge is -2.32. The number of piperidine rings is 1. The van der Waals surface area contributed by atoms with Crippen molar-refractivity contribution in [2.75, 3.05) is 24.6 Å². The molecule has 0 spiro atoms. The van der Waals surface area contributed by atoms with Crippen LogP contribution in [0.25, 0.3) is 11.0 Å². The Hall–Kier alpha value is -1.69. The predicted molar refractivity (Wildman–Crippen MR) is 68.3 cm³/mol. The van der Waals surface area contributed by atoms with Crippen LogP contribution in [0.1, 0.15) is 12.8 Å². The Morgan fingerprint density at radius 1 is 1.33 bits per heavy atom. The first-order valence-corrected chi connectivity index (χ1v) is 6.28. The van der Waals surface area contributed by atoms with Crippen molar-refractivity contribution in [1.29, 1.82) is 0 Å². The van der Waals surface area contributed by atoms with Gasteiger partial charge in [-0.3, -0.25) is 4.68 Å². The van der Waals surface area contributed by atoms with Gasteiger partial charge in [-0.05, 0) is 18.8 Å². The van der Waals surface area contributed by atoms with E-state index in [1.807, 2.05) is 13.2 Å². The number of fused-ring (bicyclic) bond motifs is 1. The standard InChI is InChI=1S/C12H17N5O/c1-16-11-10(6-15-16)12(14-8-13-11)17-4-2-9(7-18)3-5-17/h6,8-9,18H,2-5,7H2,1H3. The van der Waals surface area contributed by atoms with Gasteiger partial charge in [0, 0.05) is 26.7 Å². The van der Waals surface area contributed by atoms with Crippen molar-refractivity contribution < 1.29 is 5.11 Å². The molecule has 3 heterocycles. The number of hydrogen-bond donors (Lipinski definition) is 1. The highest BCUT2D eigenvalue weighted by molar-refractivity contribution is 5.86. The zero-order valence-electron chi connectivity index (χ0n) is 10.5. The molecule has 18 heavy (non-hydrogen) atoms. The molecular formula is C12H17N5O. The van der Waals surface area contributed by atoms with Crippen molar-refractivity contribution in [2.24, 2.45) is 13.0 Å². The summed E-state index contributed by atoms with van der Waals surface area (Å²) in [6.07, 6.45) is 5.45. The first kappa shape index (κ1) is 11.4. The van der Waals surface area contributed by atoms with Gasteiger partial charge in [0.05, 0.1) is 11.6 Å². The van der Waals surface area contributed by atoms with Gasteiger partial charge in [0.1, 0.15) is 12.1 Å². The Bertz CT molecular complexity index is 544. The lowest BCUT2D eigenvalue weighted by molar-refractivity contribution is 0.203. The second kappa shape index (κ2) is 4.53. The fourth-order valence-corrected chi connectivity index (χ4v) is 2.53. The zero-order valence-corrected chi connectivity index (χ0v) is 10.5. The highest BCUT2D eigenvalue weighted by Gasteiger charge is 2.21. The maximum Gasteiger partial charge on any atom is 0.163 e. The average molecular weight is 247 g/mol. The van der Waals surface area contributed by atoms with Crippen LogP contribution in [0.2, 0.25) is 0 Å². The van der Waals surface area contributed by atoms with Crippen LogP contribution in [0.3, 0.4) is 0 Å². The summed E-state index contributed by atoms with van der Waals surface area (Å²) < 4.78 is 1.76. The molecule has 1 N–H and O–H groups in total. The summed E-state index contributed by atoms with van der Waals surface area (Å²) in [4.78, 5) is 10.9. The normalized spacial score (nSPS) is 17.6. The summed E-state index contributed by atoms with van der Waals surface area (Å²) in [6.45, 7) is 2.17. The molecule has 6 heteroatoms. The van der Waals surface area contributed by atoms with E-state index in [0.29, 0.717) is 12.5 Å². The second-order valence-electron chi connectivity index (χ2n) is 4.82.